The first kappa shape index (κ1) is 21.5. The Bertz CT molecular complexity index is 1060. The molecule has 0 radical (unpaired) electrons. The quantitative estimate of drug-likeness (QED) is 0.683. The van der Waals surface area contributed by atoms with Crippen molar-refractivity contribution in [2.45, 2.75) is 32.5 Å². The van der Waals surface area contributed by atoms with Crippen LogP contribution in [0.3, 0.4) is 0 Å². The molecule has 166 valence electrons. The Morgan fingerprint density at radius 3 is 2.81 bits per heavy atom. The third kappa shape index (κ3) is 3.74. The van der Waals surface area contributed by atoms with Crippen LogP contribution in [0, 0.1) is 17.6 Å². The zero-order valence-corrected chi connectivity index (χ0v) is 17.8. The van der Waals surface area contributed by atoms with E-state index in [1.54, 1.807) is 16.6 Å². The molecule has 2 atom stereocenters. The second-order valence-corrected chi connectivity index (χ2v) is 8.40. The number of aromatic nitrogens is 2. The van der Waals surface area contributed by atoms with Crippen LogP contribution in [0.4, 0.5) is 19.3 Å². The second-order valence-electron chi connectivity index (χ2n) is 8.02. The molecule has 1 aromatic heterocycles. The van der Waals surface area contributed by atoms with Gasteiger partial charge in [0.2, 0.25) is 0 Å². The Labute approximate surface area is 182 Å². The molecule has 3 heterocycles. The van der Waals surface area contributed by atoms with Crippen molar-refractivity contribution < 1.29 is 23.5 Å². The summed E-state index contributed by atoms with van der Waals surface area (Å²) in [6, 6.07) is 1.21. The van der Waals surface area contributed by atoms with Gasteiger partial charge in [-0.05, 0) is 19.1 Å². The molecule has 0 bridgehead atoms. The van der Waals surface area contributed by atoms with Crippen molar-refractivity contribution in [2.24, 2.45) is 5.92 Å². The van der Waals surface area contributed by atoms with E-state index < -0.39 is 22.7 Å². The third-order valence-corrected chi connectivity index (χ3v) is 6.14. The van der Waals surface area contributed by atoms with Crippen molar-refractivity contribution in [1.82, 2.24) is 19.6 Å². The number of anilines is 1. The summed E-state index contributed by atoms with van der Waals surface area (Å²) in [6.45, 7) is 2.66. The molecule has 4 rings (SSSR count). The minimum absolute atomic E-state index is 0.0711. The number of nitrogens with one attached hydrogen (secondary N) is 1. The first-order valence-corrected chi connectivity index (χ1v) is 10.2. The first-order valence-electron chi connectivity index (χ1n) is 9.87. The molecular formula is C20H22ClF2N5O3. The van der Waals surface area contributed by atoms with Gasteiger partial charge in [0, 0.05) is 50.7 Å². The summed E-state index contributed by atoms with van der Waals surface area (Å²) in [4.78, 5) is 28.9. The Hall–Kier alpha value is -2.72. The maximum Gasteiger partial charge on any atom is 0.322 e. The molecule has 0 spiro atoms. The van der Waals surface area contributed by atoms with E-state index in [-0.39, 0.29) is 36.7 Å². The maximum absolute atomic E-state index is 14.2. The number of hydrogen-bond donors (Lipinski definition) is 2. The van der Waals surface area contributed by atoms with Gasteiger partial charge in [-0.25, -0.2) is 13.6 Å². The summed E-state index contributed by atoms with van der Waals surface area (Å²) in [7, 11) is 1.66. The number of carbonyl (C=O) groups excluding carboxylic acids is 2. The summed E-state index contributed by atoms with van der Waals surface area (Å²) in [5.41, 5.74) is 1.53. The van der Waals surface area contributed by atoms with Crippen molar-refractivity contribution in [3.63, 3.8) is 0 Å². The number of benzene rings is 1. The van der Waals surface area contributed by atoms with Gasteiger partial charge in [-0.2, -0.15) is 5.10 Å². The normalized spacial score (nSPS) is 20.9. The number of halogens is 3. The van der Waals surface area contributed by atoms with Gasteiger partial charge in [0.1, 0.15) is 16.5 Å². The summed E-state index contributed by atoms with van der Waals surface area (Å²) >= 11 is 5.60. The fourth-order valence-electron chi connectivity index (χ4n) is 4.12. The van der Waals surface area contributed by atoms with E-state index in [2.05, 4.69) is 10.4 Å². The molecule has 1 aromatic carbocycles. The van der Waals surface area contributed by atoms with Gasteiger partial charge in [-0.3, -0.25) is 9.48 Å². The number of rotatable bonds is 2. The fourth-order valence-corrected chi connectivity index (χ4v) is 4.28. The molecule has 2 aliphatic heterocycles. The highest BCUT2D eigenvalue weighted by molar-refractivity contribution is 6.31. The summed E-state index contributed by atoms with van der Waals surface area (Å²) in [5.74, 6) is -2.33. The molecule has 2 N–H and O–H groups in total. The largest absolute Gasteiger partial charge is 0.396 e. The van der Waals surface area contributed by atoms with E-state index in [1.807, 2.05) is 6.92 Å². The Morgan fingerprint density at radius 2 is 2.10 bits per heavy atom. The Morgan fingerprint density at radius 1 is 1.35 bits per heavy atom. The summed E-state index contributed by atoms with van der Waals surface area (Å²) in [5, 5.41) is 15.9. The van der Waals surface area contributed by atoms with Crippen LogP contribution in [0.2, 0.25) is 5.02 Å². The van der Waals surface area contributed by atoms with Gasteiger partial charge in [0.15, 0.2) is 5.82 Å². The van der Waals surface area contributed by atoms with E-state index in [0.29, 0.717) is 30.8 Å². The molecule has 8 nitrogen and oxygen atoms in total. The number of amides is 3. The lowest BCUT2D eigenvalue weighted by Crippen LogP contribution is -2.45. The zero-order chi connectivity index (χ0) is 22.4. The number of aliphatic hydroxyl groups excluding tert-OH is 1. The lowest BCUT2D eigenvalue weighted by Gasteiger charge is -2.33. The molecule has 0 unspecified atom stereocenters. The smallest absolute Gasteiger partial charge is 0.322 e. The highest BCUT2D eigenvalue weighted by atomic mass is 35.5. The van der Waals surface area contributed by atoms with Crippen molar-refractivity contribution in [3.05, 3.63) is 45.7 Å². The van der Waals surface area contributed by atoms with Gasteiger partial charge in [-0.15, -0.1) is 0 Å². The van der Waals surface area contributed by atoms with Gasteiger partial charge in [0.05, 0.1) is 17.9 Å². The molecule has 11 heteroatoms. The number of nitrogens with zero attached hydrogens (tertiary/aromatic N) is 4. The standard InChI is InChI=1S/C20H22ClF2N5O3/c1-10-5-15-12(18-19(30)26(2)6-11(9-29)7-28(18)25-15)8-27(10)20(31)24-14-4-3-13(22)16(21)17(14)23/h3-4,10-11,29H,5-9H2,1-2H3,(H,24,31)/t10-,11-/m1/s1. The van der Waals surface area contributed by atoms with Gasteiger partial charge >= 0.3 is 6.03 Å². The number of fused-ring (bicyclic) bond motifs is 3. The monoisotopic (exact) mass is 453 g/mol. The summed E-state index contributed by atoms with van der Waals surface area (Å²) in [6.07, 6.45) is 0.413. The van der Waals surface area contributed by atoms with Crippen molar-refractivity contribution >= 4 is 29.2 Å². The second kappa shape index (κ2) is 8.08. The van der Waals surface area contributed by atoms with Crippen LogP contribution >= 0.6 is 11.6 Å². The van der Waals surface area contributed by atoms with Crippen molar-refractivity contribution in [1.29, 1.82) is 0 Å². The first-order chi connectivity index (χ1) is 14.7. The van der Waals surface area contributed by atoms with E-state index in [4.69, 9.17) is 11.6 Å². The lowest BCUT2D eigenvalue weighted by molar-refractivity contribution is 0.0761. The van der Waals surface area contributed by atoms with Gasteiger partial charge in [0.25, 0.3) is 5.91 Å². The van der Waals surface area contributed by atoms with Crippen LogP contribution in [-0.4, -0.2) is 62.9 Å². The van der Waals surface area contributed by atoms with Crippen molar-refractivity contribution in [2.75, 3.05) is 25.5 Å². The SMILES string of the molecule is C[C@@H]1Cc2nn3c(c2CN1C(=O)Nc1ccc(F)c(Cl)c1F)C(=O)N(C)C[C@@H](CO)C3. The topological polar surface area (TPSA) is 90.7 Å². The average Bonchev–Trinajstić information content (AvgIpc) is 3.02. The van der Waals surface area contributed by atoms with Crippen LogP contribution in [0.15, 0.2) is 12.1 Å². The molecule has 2 aliphatic rings. The van der Waals surface area contributed by atoms with Crippen LogP contribution in [0.5, 0.6) is 0 Å². The third-order valence-electron chi connectivity index (χ3n) is 5.79. The maximum atomic E-state index is 14.2. The minimum atomic E-state index is -1.05. The highest BCUT2D eigenvalue weighted by Gasteiger charge is 2.37. The van der Waals surface area contributed by atoms with Crippen molar-refractivity contribution in [3.8, 4) is 0 Å². The number of urea groups is 1. The highest BCUT2D eigenvalue weighted by Crippen LogP contribution is 2.30. The molecule has 0 saturated carbocycles. The molecular weight excluding hydrogens is 432 g/mol. The average molecular weight is 454 g/mol. The fraction of sp³-hybridized carbons (Fsp3) is 0.450. The molecule has 31 heavy (non-hydrogen) atoms. The molecule has 3 amide bonds. The van der Waals surface area contributed by atoms with Crippen LogP contribution in [-0.2, 0) is 19.5 Å². The predicted molar refractivity (Wildman–Crippen MR) is 109 cm³/mol. The van der Waals surface area contributed by atoms with E-state index in [1.165, 1.54) is 4.90 Å². The Kier molecular flexibility index (Phi) is 5.61. The Balaban J connectivity index is 1.63. The molecule has 0 fully saturated rings. The zero-order valence-electron chi connectivity index (χ0n) is 17.0. The molecule has 2 aromatic rings. The predicted octanol–water partition coefficient (Wildman–Crippen LogP) is 2.49. The summed E-state index contributed by atoms with van der Waals surface area (Å²) < 4.78 is 29.2. The minimum Gasteiger partial charge on any atom is -0.396 e. The number of aliphatic hydroxyl groups is 1. The molecule has 0 saturated heterocycles. The molecule has 0 aliphatic carbocycles. The van der Waals surface area contributed by atoms with Gasteiger partial charge in [-0.1, -0.05) is 11.6 Å². The number of hydrogen-bond acceptors (Lipinski definition) is 4. The van der Waals surface area contributed by atoms with Crippen LogP contribution < -0.4 is 5.32 Å². The van der Waals surface area contributed by atoms with E-state index >= 15 is 0 Å². The lowest BCUT2D eigenvalue weighted by atomic mass is 9.99. The van der Waals surface area contributed by atoms with Gasteiger partial charge < -0.3 is 20.2 Å². The van der Waals surface area contributed by atoms with Crippen LogP contribution in [0.1, 0.15) is 28.7 Å². The van der Waals surface area contributed by atoms with E-state index in [0.717, 1.165) is 17.8 Å². The number of carbonyl (C=O) groups is 2. The van der Waals surface area contributed by atoms with E-state index in [9.17, 15) is 23.5 Å². The van der Waals surface area contributed by atoms with Crippen LogP contribution in [0.25, 0.3) is 0 Å².